The lowest BCUT2D eigenvalue weighted by atomic mass is 9.99. The number of benzene rings is 1. The molecule has 148 valence electrons. The second-order valence-corrected chi connectivity index (χ2v) is 7.93. The van der Waals surface area contributed by atoms with Crippen LogP contribution in [0, 0.1) is 0 Å². The molecule has 2 aromatic rings. The van der Waals surface area contributed by atoms with Crippen LogP contribution in [0.2, 0.25) is 0 Å². The fourth-order valence-electron chi connectivity index (χ4n) is 3.64. The van der Waals surface area contributed by atoms with Gasteiger partial charge in [-0.1, -0.05) is 18.6 Å². The molecule has 27 heavy (non-hydrogen) atoms. The number of hydrogen-bond acceptors (Lipinski definition) is 3. The third-order valence-electron chi connectivity index (χ3n) is 5.27. The Kier molecular flexibility index (Phi) is 6.72. The van der Waals surface area contributed by atoms with Gasteiger partial charge in [-0.25, -0.2) is 4.98 Å². The summed E-state index contributed by atoms with van der Waals surface area (Å²) in [4.78, 5) is 15.5. The molecule has 0 saturated carbocycles. The number of nitrogens with zero attached hydrogens (tertiary/aromatic N) is 3. The molecule has 0 spiro atoms. The van der Waals surface area contributed by atoms with E-state index in [-0.39, 0.29) is 5.54 Å². The van der Waals surface area contributed by atoms with Crippen molar-refractivity contribution in [2.75, 3.05) is 32.7 Å². The summed E-state index contributed by atoms with van der Waals surface area (Å²) in [6.07, 6.45) is 4.82. The van der Waals surface area contributed by atoms with Crippen LogP contribution in [0.15, 0.2) is 29.3 Å². The second kappa shape index (κ2) is 9.22. The number of aromatic nitrogens is 2. The molecular formula is C21H34N6. The lowest BCUT2D eigenvalue weighted by Crippen LogP contribution is -2.49. The van der Waals surface area contributed by atoms with Gasteiger partial charge >= 0.3 is 0 Å². The van der Waals surface area contributed by atoms with E-state index in [9.17, 15) is 0 Å². The first kappa shape index (κ1) is 19.7. The van der Waals surface area contributed by atoms with Gasteiger partial charge in [0.05, 0.1) is 17.6 Å². The highest BCUT2D eigenvalue weighted by molar-refractivity contribution is 5.79. The minimum Gasteiger partial charge on any atom is -0.357 e. The quantitative estimate of drug-likeness (QED) is 0.518. The molecule has 1 fully saturated rings. The Labute approximate surface area is 162 Å². The first-order valence-corrected chi connectivity index (χ1v) is 10.3. The van der Waals surface area contributed by atoms with Crippen molar-refractivity contribution in [2.45, 2.75) is 52.0 Å². The summed E-state index contributed by atoms with van der Waals surface area (Å²) in [6.45, 7) is 11.6. The SMILES string of the molecule is CCNC(=NCC(C)(C)N1CCCCC1)NCCc1nc2ccccc2[nH]1. The van der Waals surface area contributed by atoms with Crippen molar-refractivity contribution in [1.82, 2.24) is 25.5 Å². The van der Waals surface area contributed by atoms with Gasteiger partial charge < -0.3 is 15.6 Å². The summed E-state index contributed by atoms with van der Waals surface area (Å²) < 4.78 is 0. The van der Waals surface area contributed by atoms with E-state index in [0.717, 1.165) is 48.9 Å². The van der Waals surface area contributed by atoms with E-state index in [2.05, 4.69) is 52.3 Å². The molecule has 6 nitrogen and oxygen atoms in total. The number of aliphatic imine (C=N–C) groups is 1. The number of nitrogens with one attached hydrogen (secondary N) is 3. The molecule has 0 radical (unpaired) electrons. The zero-order valence-electron chi connectivity index (χ0n) is 17.0. The van der Waals surface area contributed by atoms with Crippen LogP contribution in [0.1, 0.15) is 45.9 Å². The molecule has 1 aromatic heterocycles. The predicted molar refractivity (Wildman–Crippen MR) is 113 cm³/mol. The Morgan fingerprint density at radius 1 is 1.19 bits per heavy atom. The number of para-hydroxylation sites is 2. The van der Waals surface area contributed by atoms with Crippen molar-refractivity contribution in [2.24, 2.45) is 4.99 Å². The normalized spacial score (nSPS) is 16.6. The molecule has 1 aliphatic rings. The number of imidazole rings is 1. The zero-order chi connectivity index (χ0) is 19.1. The van der Waals surface area contributed by atoms with E-state index in [1.165, 1.54) is 32.4 Å². The van der Waals surface area contributed by atoms with Crippen molar-refractivity contribution >= 4 is 17.0 Å². The van der Waals surface area contributed by atoms with E-state index in [1.807, 2.05) is 18.2 Å². The van der Waals surface area contributed by atoms with Crippen molar-refractivity contribution in [3.63, 3.8) is 0 Å². The summed E-state index contributed by atoms with van der Waals surface area (Å²) in [6, 6.07) is 8.15. The molecule has 3 rings (SSSR count). The van der Waals surface area contributed by atoms with Gasteiger partial charge in [0.1, 0.15) is 5.82 Å². The number of likely N-dealkylation sites (tertiary alicyclic amines) is 1. The molecular weight excluding hydrogens is 336 g/mol. The van der Waals surface area contributed by atoms with Crippen molar-refractivity contribution in [1.29, 1.82) is 0 Å². The molecule has 1 aromatic carbocycles. The van der Waals surface area contributed by atoms with Gasteiger partial charge in [0, 0.05) is 25.0 Å². The third kappa shape index (κ3) is 5.45. The smallest absolute Gasteiger partial charge is 0.191 e. The third-order valence-corrected chi connectivity index (χ3v) is 5.27. The number of piperidine rings is 1. The number of hydrogen-bond donors (Lipinski definition) is 3. The number of rotatable bonds is 7. The fourth-order valence-corrected chi connectivity index (χ4v) is 3.64. The molecule has 0 aliphatic carbocycles. The van der Waals surface area contributed by atoms with E-state index in [0.29, 0.717) is 0 Å². The molecule has 0 amide bonds. The van der Waals surface area contributed by atoms with Crippen LogP contribution in [0.4, 0.5) is 0 Å². The van der Waals surface area contributed by atoms with E-state index in [4.69, 9.17) is 4.99 Å². The maximum Gasteiger partial charge on any atom is 0.191 e. The lowest BCUT2D eigenvalue weighted by molar-refractivity contribution is 0.102. The van der Waals surface area contributed by atoms with Gasteiger partial charge in [0.25, 0.3) is 0 Å². The Hall–Kier alpha value is -2.08. The van der Waals surface area contributed by atoms with Gasteiger partial charge in [0.2, 0.25) is 0 Å². The molecule has 0 unspecified atom stereocenters. The highest BCUT2D eigenvalue weighted by Gasteiger charge is 2.27. The molecule has 3 N–H and O–H groups in total. The topological polar surface area (TPSA) is 68.3 Å². The van der Waals surface area contributed by atoms with E-state index < -0.39 is 0 Å². The van der Waals surface area contributed by atoms with Gasteiger partial charge in [-0.15, -0.1) is 0 Å². The Balaban J connectivity index is 1.53. The maximum absolute atomic E-state index is 4.86. The Bertz CT molecular complexity index is 709. The lowest BCUT2D eigenvalue weighted by Gasteiger charge is -2.40. The number of fused-ring (bicyclic) bond motifs is 1. The summed E-state index contributed by atoms with van der Waals surface area (Å²) in [5, 5.41) is 6.81. The summed E-state index contributed by atoms with van der Waals surface area (Å²) in [7, 11) is 0. The molecule has 1 saturated heterocycles. The minimum atomic E-state index is 0.0987. The highest BCUT2D eigenvalue weighted by Crippen LogP contribution is 2.20. The summed E-state index contributed by atoms with van der Waals surface area (Å²) in [5.41, 5.74) is 2.22. The first-order chi connectivity index (χ1) is 13.1. The van der Waals surface area contributed by atoms with Crippen molar-refractivity contribution in [3.05, 3.63) is 30.1 Å². The average molecular weight is 371 g/mol. The second-order valence-electron chi connectivity index (χ2n) is 7.93. The number of guanidine groups is 1. The largest absolute Gasteiger partial charge is 0.357 e. The number of H-pyrrole nitrogens is 1. The van der Waals surface area contributed by atoms with Crippen LogP contribution in [-0.2, 0) is 6.42 Å². The van der Waals surface area contributed by atoms with Gasteiger partial charge in [0.15, 0.2) is 5.96 Å². The summed E-state index contributed by atoms with van der Waals surface area (Å²) in [5.74, 6) is 1.90. The van der Waals surface area contributed by atoms with Gasteiger partial charge in [-0.3, -0.25) is 9.89 Å². The number of aromatic amines is 1. The predicted octanol–water partition coefficient (Wildman–Crippen LogP) is 2.92. The van der Waals surface area contributed by atoms with Crippen LogP contribution >= 0.6 is 0 Å². The van der Waals surface area contributed by atoms with Crippen LogP contribution in [0.5, 0.6) is 0 Å². The Morgan fingerprint density at radius 2 is 1.96 bits per heavy atom. The van der Waals surface area contributed by atoms with Crippen LogP contribution in [-0.4, -0.2) is 59.1 Å². The fraction of sp³-hybridized carbons (Fsp3) is 0.619. The zero-order valence-corrected chi connectivity index (χ0v) is 17.0. The van der Waals surface area contributed by atoms with Crippen molar-refractivity contribution in [3.8, 4) is 0 Å². The highest BCUT2D eigenvalue weighted by atomic mass is 15.2. The Morgan fingerprint density at radius 3 is 2.70 bits per heavy atom. The molecule has 2 heterocycles. The van der Waals surface area contributed by atoms with Crippen LogP contribution in [0.3, 0.4) is 0 Å². The summed E-state index contributed by atoms with van der Waals surface area (Å²) >= 11 is 0. The standard InChI is InChI=1S/C21H34N6/c1-4-22-20(24-16-21(2,3)27-14-8-5-9-15-27)23-13-12-19-25-17-10-6-7-11-18(17)26-19/h6-7,10-11H,4-5,8-9,12-16H2,1-3H3,(H,25,26)(H2,22,23,24). The van der Waals surface area contributed by atoms with Crippen LogP contribution in [0.25, 0.3) is 11.0 Å². The molecule has 0 bridgehead atoms. The maximum atomic E-state index is 4.86. The molecule has 1 aliphatic heterocycles. The molecule has 0 atom stereocenters. The minimum absolute atomic E-state index is 0.0987. The first-order valence-electron chi connectivity index (χ1n) is 10.3. The van der Waals surface area contributed by atoms with Gasteiger partial charge in [-0.2, -0.15) is 0 Å². The monoisotopic (exact) mass is 370 g/mol. The van der Waals surface area contributed by atoms with Crippen LogP contribution < -0.4 is 10.6 Å². The van der Waals surface area contributed by atoms with E-state index >= 15 is 0 Å². The van der Waals surface area contributed by atoms with E-state index in [1.54, 1.807) is 0 Å². The van der Waals surface area contributed by atoms with Crippen molar-refractivity contribution < 1.29 is 0 Å². The van der Waals surface area contributed by atoms with Gasteiger partial charge in [-0.05, 0) is 58.8 Å². The average Bonchev–Trinajstić information content (AvgIpc) is 3.09. The molecule has 6 heteroatoms.